The van der Waals surface area contributed by atoms with E-state index in [9.17, 15) is 26.0 Å². The first-order valence-electron chi connectivity index (χ1n) is 12.7. The second-order valence-electron chi connectivity index (χ2n) is 9.88. The number of fused-ring (bicyclic) bond motifs is 1. The third-order valence-electron chi connectivity index (χ3n) is 7.40. The maximum absolute atomic E-state index is 13.6. The largest absolute Gasteiger partial charge is 0.522 e. The molecular weight excluding hydrogens is 544 g/mol. The van der Waals surface area contributed by atoms with Crippen LogP contribution in [-0.2, 0) is 14.8 Å². The summed E-state index contributed by atoms with van der Waals surface area (Å²) in [6, 6.07) is 9.88. The van der Waals surface area contributed by atoms with Crippen molar-refractivity contribution in [3.8, 4) is 5.75 Å². The van der Waals surface area contributed by atoms with Crippen molar-refractivity contribution in [3.05, 3.63) is 59.4 Å². The van der Waals surface area contributed by atoms with Crippen LogP contribution >= 0.6 is 11.8 Å². The number of nitrogens with one attached hydrogen (secondary N) is 1. The summed E-state index contributed by atoms with van der Waals surface area (Å²) >= 11 is 1.81. The highest BCUT2D eigenvalue weighted by Crippen LogP contribution is 2.45. The average Bonchev–Trinajstić information content (AvgIpc) is 2.88. The molecule has 2 aromatic carbocycles. The standard InChI is InChI=1S/C26H30F4N2O4S2/c27-18-3-1-17(2-4-18)24-15-20(36-26(28,29)30)7-11-32(24)23-8-12-35-25-16-21(5-6-22(23)25)38(33,34)31-19-9-13-37-14-10-19/h1-6,16,19-20,23-24,31H,7-15H2/t20-,23?,24+/m1/s1. The van der Waals surface area contributed by atoms with E-state index in [0.717, 1.165) is 29.9 Å². The van der Waals surface area contributed by atoms with Gasteiger partial charge in [0.1, 0.15) is 11.6 Å². The van der Waals surface area contributed by atoms with E-state index in [2.05, 4.69) is 14.4 Å². The Morgan fingerprint density at radius 3 is 2.45 bits per heavy atom. The van der Waals surface area contributed by atoms with Crippen molar-refractivity contribution in [1.82, 2.24) is 9.62 Å². The van der Waals surface area contributed by atoms with Crippen LogP contribution in [0.2, 0.25) is 0 Å². The smallest absolute Gasteiger partial charge is 0.493 e. The van der Waals surface area contributed by atoms with Crippen LogP contribution in [0, 0.1) is 5.82 Å². The molecule has 3 atom stereocenters. The summed E-state index contributed by atoms with van der Waals surface area (Å²) in [6.45, 7) is 0.664. The highest BCUT2D eigenvalue weighted by Gasteiger charge is 2.41. The maximum atomic E-state index is 13.6. The first kappa shape index (κ1) is 27.7. The van der Waals surface area contributed by atoms with Gasteiger partial charge in [-0.3, -0.25) is 9.64 Å². The van der Waals surface area contributed by atoms with E-state index in [-0.39, 0.29) is 29.8 Å². The van der Waals surface area contributed by atoms with E-state index in [1.165, 1.54) is 18.2 Å². The van der Waals surface area contributed by atoms with E-state index < -0.39 is 34.3 Å². The lowest BCUT2D eigenvalue weighted by atomic mass is 9.88. The number of rotatable bonds is 6. The normalized spacial score (nSPS) is 25.5. The van der Waals surface area contributed by atoms with Crippen molar-refractivity contribution < 1.29 is 35.5 Å². The zero-order valence-electron chi connectivity index (χ0n) is 20.6. The molecular formula is C26H30F4N2O4S2. The molecule has 38 heavy (non-hydrogen) atoms. The molecule has 0 bridgehead atoms. The molecule has 0 saturated carbocycles. The highest BCUT2D eigenvalue weighted by atomic mass is 32.2. The number of benzene rings is 2. The van der Waals surface area contributed by atoms with E-state index in [1.54, 1.807) is 24.3 Å². The highest BCUT2D eigenvalue weighted by molar-refractivity contribution is 7.99. The molecule has 2 saturated heterocycles. The topological polar surface area (TPSA) is 67.9 Å². The molecule has 0 spiro atoms. The van der Waals surface area contributed by atoms with Crippen molar-refractivity contribution in [1.29, 1.82) is 0 Å². The van der Waals surface area contributed by atoms with Gasteiger partial charge in [-0.2, -0.15) is 11.8 Å². The Kier molecular flexibility index (Phi) is 8.25. The third kappa shape index (κ3) is 6.47. The fraction of sp³-hybridized carbons (Fsp3) is 0.538. The molecule has 1 N–H and O–H groups in total. The van der Waals surface area contributed by atoms with E-state index >= 15 is 0 Å². The van der Waals surface area contributed by atoms with Crippen LogP contribution in [0.3, 0.4) is 0 Å². The Bertz CT molecular complexity index is 1220. The second kappa shape index (κ2) is 11.3. The number of hydrogen-bond donors (Lipinski definition) is 1. The van der Waals surface area contributed by atoms with Gasteiger partial charge in [-0.1, -0.05) is 18.2 Å². The molecule has 0 aromatic heterocycles. The predicted molar refractivity (Wildman–Crippen MR) is 136 cm³/mol. The number of piperidine rings is 1. The van der Waals surface area contributed by atoms with Crippen LogP contribution in [0.4, 0.5) is 17.6 Å². The SMILES string of the molecule is O=S(=O)(NC1CCSCC1)c1ccc2c(c1)OCCC2N1CC[C@@H](OC(F)(F)F)C[C@H]1c1ccc(F)cc1. The van der Waals surface area contributed by atoms with Gasteiger partial charge in [-0.15, -0.1) is 13.2 Å². The van der Waals surface area contributed by atoms with Crippen LogP contribution in [0.5, 0.6) is 5.75 Å². The minimum atomic E-state index is -4.74. The Morgan fingerprint density at radius 2 is 1.74 bits per heavy atom. The summed E-state index contributed by atoms with van der Waals surface area (Å²) in [5.74, 6) is 1.87. The minimum Gasteiger partial charge on any atom is -0.493 e. The number of halogens is 4. The lowest BCUT2D eigenvalue weighted by Gasteiger charge is -2.45. The fourth-order valence-electron chi connectivity index (χ4n) is 5.60. The summed E-state index contributed by atoms with van der Waals surface area (Å²) < 4.78 is 91.8. The summed E-state index contributed by atoms with van der Waals surface area (Å²) in [4.78, 5) is 2.24. The van der Waals surface area contributed by atoms with Crippen LogP contribution in [0.1, 0.15) is 55.3 Å². The first-order valence-corrected chi connectivity index (χ1v) is 15.4. The average molecular weight is 575 g/mol. The molecule has 3 aliphatic rings. The summed E-state index contributed by atoms with van der Waals surface area (Å²) in [7, 11) is -3.73. The molecule has 12 heteroatoms. The van der Waals surface area contributed by atoms with Gasteiger partial charge in [0.05, 0.1) is 17.6 Å². The molecule has 6 nitrogen and oxygen atoms in total. The molecule has 5 rings (SSSR count). The maximum Gasteiger partial charge on any atom is 0.522 e. The van der Waals surface area contributed by atoms with Crippen molar-refractivity contribution in [2.24, 2.45) is 0 Å². The number of hydrogen-bond acceptors (Lipinski definition) is 6. The third-order valence-corrected chi connectivity index (χ3v) is 9.96. The fourth-order valence-corrected chi connectivity index (χ4v) is 8.02. The Hall–Kier alpha value is -1.86. The van der Waals surface area contributed by atoms with E-state index in [4.69, 9.17) is 4.74 Å². The Morgan fingerprint density at radius 1 is 1.00 bits per heavy atom. The van der Waals surface area contributed by atoms with Crippen LogP contribution < -0.4 is 9.46 Å². The van der Waals surface area contributed by atoms with Gasteiger partial charge in [0, 0.05) is 42.7 Å². The van der Waals surface area contributed by atoms with Crippen molar-refractivity contribution in [2.45, 2.75) is 67.6 Å². The molecule has 3 heterocycles. The first-order chi connectivity index (χ1) is 18.1. The number of ether oxygens (including phenoxy) is 2. The Labute approximate surface area is 224 Å². The Balaban J connectivity index is 1.41. The van der Waals surface area contributed by atoms with Crippen molar-refractivity contribution >= 4 is 21.8 Å². The van der Waals surface area contributed by atoms with Crippen molar-refractivity contribution in [2.75, 3.05) is 24.7 Å². The summed E-state index contributed by atoms with van der Waals surface area (Å²) in [6.07, 6.45) is -3.33. The molecule has 0 radical (unpaired) electrons. The number of alkyl halides is 3. The molecule has 3 aliphatic heterocycles. The van der Waals surface area contributed by atoms with Gasteiger partial charge >= 0.3 is 6.36 Å². The van der Waals surface area contributed by atoms with E-state index in [0.29, 0.717) is 30.9 Å². The number of thioether (sulfide) groups is 1. The van der Waals surface area contributed by atoms with Crippen LogP contribution in [0.25, 0.3) is 0 Å². The molecule has 0 aliphatic carbocycles. The molecule has 1 unspecified atom stereocenters. The van der Waals surface area contributed by atoms with Crippen LogP contribution in [0.15, 0.2) is 47.4 Å². The molecule has 2 fully saturated rings. The van der Waals surface area contributed by atoms with Gasteiger partial charge in [0.2, 0.25) is 10.0 Å². The van der Waals surface area contributed by atoms with Crippen molar-refractivity contribution in [3.63, 3.8) is 0 Å². The summed E-state index contributed by atoms with van der Waals surface area (Å²) in [5.41, 5.74) is 1.48. The van der Waals surface area contributed by atoms with Gasteiger partial charge in [-0.05, 0) is 61.0 Å². The second-order valence-corrected chi connectivity index (χ2v) is 12.8. The lowest BCUT2D eigenvalue weighted by Crippen LogP contribution is -2.44. The molecule has 2 aromatic rings. The quantitative estimate of drug-likeness (QED) is 0.456. The van der Waals surface area contributed by atoms with Gasteiger partial charge in [0.15, 0.2) is 0 Å². The van der Waals surface area contributed by atoms with Crippen LogP contribution in [-0.4, -0.2) is 56.5 Å². The van der Waals surface area contributed by atoms with Gasteiger partial charge in [0.25, 0.3) is 0 Å². The summed E-state index contributed by atoms with van der Waals surface area (Å²) in [5, 5.41) is 0. The monoisotopic (exact) mass is 574 g/mol. The lowest BCUT2D eigenvalue weighted by molar-refractivity contribution is -0.347. The minimum absolute atomic E-state index is 0.0912. The predicted octanol–water partition coefficient (Wildman–Crippen LogP) is 5.57. The zero-order valence-corrected chi connectivity index (χ0v) is 22.3. The van der Waals surface area contributed by atoms with E-state index in [1.807, 2.05) is 11.8 Å². The van der Waals surface area contributed by atoms with Gasteiger partial charge < -0.3 is 4.74 Å². The number of sulfonamides is 1. The molecule has 0 amide bonds. The van der Waals surface area contributed by atoms with Gasteiger partial charge in [-0.25, -0.2) is 17.5 Å². The number of nitrogens with zero attached hydrogens (tertiary/aromatic N) is 1. The number of likely N-dealkylation sites (tertiary alicyclic amines) is 1. The zero-order chi connectivity index (χ0) is 26.9. The molecule has 208 valence electrons.